The highest BCUT2D eigenvalue weighted by Gasteiger charge is 2.32. The highest BCUT2D eigenvalue weighted by atomic mass is 79.9. The molecule has 1 aromatic carbocycles. The lowest BCUT2D eigenvalue weighted by Gasteiger charge is -2.23. The number of amides is 1. The molecule has 126 valence electrons. The maximum atomic E-state index is 12.8. The van der Waals surface area contributed by atoms with Crippen LogP contribution in [0.2, 0.25) is 0 Å². The van der Waals surface area contributed by atoms with Crippen molar-refractivity contribution in [2.75, 3.05) is 6.54 Å². The third-order valence-electron chi connectivity index (χ3n) is 4.34. The molecule has 1 aromatic heterocycles. The number of likely N-dealkylation sites (tertiary alicyclic amines) is 1. The number of hydrogen-bond acceptors (Lipinski definition) is 3. The molecule has 1 aliphatic rings. The molecule has 2 aromatic rings. The molecule has 1 aliphatic heterocycles. The Morgan fingerprint density at radius 2 is 2.21 bits per heavy atom. The fraction of sp³-hybridized carbons (Fsp3) is 0.353. The van der Waals surface area contributed by atoms with E-state index < -0.39 is 5.97 Å². The van der Waals surface area contributed by atoms with Gasteiger partial charge in [-0.3, -0.25) is 9.59 Å². The summed E-state index contributed by atoms with van der Waals surface area (Å²) < 4.78 is 2.66. The maximum absolute atomic E-state index is 12.8. The van der Waals surface area contributed by atoms with Crippen LogP contribution in [0, 0.1) is 6.92 Å². The number of carboxylic acids is 1. The van der Waals surface area contributed by atoms with Crippen molar-refractivity contribution in [3.8, 4) is 5.69 Å². The van der Waals surface area contributed by atoms with E-state index in [1.165, 1.54) is 0 Å². The molecule has 1 saturated heterocycles. The average Bonchev–Trinajstić information content (AvgIpc) is 3.13. The van der Waals surface area contributed by atoms with E-state index in [1.807, 2.05) is 31.2 Å². The third-order valence-corrected chi connectivity index (χ3v) is 4.83. The first kappa shape index (κ1) is 16.7. The number of carboxylic acid groups (broad SMARTS) is 1. The molecule has 1 fully saturated rings. The molecule has 2 heterocycles. The van der Waals surface area contributed by atoms with Gasteiger partial charge in [-0.05, 0) is 38.0 Å². The summed E-state index contributed by atoms with van der Waals surface area (Å²) in [4.78, 5) is 25.5. The van der Waals surface area contributed by atoms with Gasteiger partial charge >= 0.3 is 5.97 Å². The maximum Gasteiger partial charge on any atom is 0.305 e. The minimum Gasteiger partial charge on any atom is -0.481 e. The lowest BCUT2D eigenvalue weighted by Crippen LogP contribution is -2.37. The number of rotatable bonds is 4. The van der Waals surface area contributed by atoms with E-state index in [-0.39, 0.29) is 18.4 Å². The van der Waals surface area contributed by atoms with Gasteiger partial charge in [-0.25, -0.2) is 4.68 Å². The van der Waals surface area contributed by atoms with Crippen LogP contribution in [-0.4, -0.2) is 44.3 Å². The number of aromatic nitrogens is 2. The zero-order valence-corrected chi connectivity index (χ0v) is 14.9. The zero-order valence-electron chi connectivity index (χ0n) is 13.3. The summed E-state index contributed by atoms with van der Waals surface area (Å²) >= 11 is 3.43. The van der Waals surface area contributed by atoms with Crippen LogP contribution < -0.4 is 0 Å². The SMILES string of the molecule is Cc1c(C(=O)N2CCCC2CC(=O)O)cnn1-c1cccc(Br)c1. The Hall–Kier alpha value is -2.15. The van der Waals surface area contributed by atoms with Crippen LogP contribution in [0.4, 0.5) is 0 Å². The van der Waals surface area contributed by atoms with E-state index in [9.17, 15) is 9.59 Å². The first-order valence-corrected chi connectivity index (χ1v) is 8.60. The van der Waals surface area contributed by atoms with Crippen LogP contribution in [0.1, 0.15) is 35.3 Å². The molecule has 0 aliphatic carbocycles. The molecule has 0 saturated carbocycles. The molecule has 1 amide bonds. The highest BCUT2D eigenvalue weighted by Crippen LogP contribution is 2.25. The van der Waals surface area contributed by atoms with Gasteiger partial charge in [0, 0.05) is 17.1 Å². The molecule has 3 rings (SSSR count). The van der Waals surface area contributed by atoms with Crippen molar-refractivity contribution in [2.45, 2.75) is 32.2 Å². The first-order valence-electron chi connectivity index (χ1n) is 7.80. The molecule has 0 spiro atoms. The van der Waals surface area contributed by atoms with E-state index in [0.717, 1.165) is 28.7 Å². The largest absolute Gasteiger partial charge is 0.481 e. The molecule has 1 atom stereocenters. The second-order valence-electron chi connectivity index (χ2n) is 5.93. The van der Waals surface area contributed by atoms with Crippen LogP contribution in [0.3, 0.4) is 0 Å². The second-order valence-corrected chi connectivity index (χ2v) is 6.84. The number of benzene rings is 1. The molecule has 24 heavy (non-hydrogen) atoms. The van der Waals surface area contributed by atoms with E-state index in [1.54, 1.807) is 15.8 Å². The van der Waals surface area contributed by atoms with E-state index in [0.29, 0.717) is 12.1 Å². The molecular formula is C17H18BrN3O3. The van der Waals surface area contributed by atoms with Crippen LogP contribution in [0.25, 0.3) is 5.69 Å². The van der Waals surface area contributed by atoms with Gasteiger partial charge in [0.25, 0.3) is 5.91 Å². The van der Waals surface area contributed by atoms with Crippen LogP contribution in [0.5, 0.6) is 0 Å². The standard InChI is InChI=1S/C17H18BrN3O3/c1-11-15(10-19-21(11)14-5-2-4-12(18)8-14)17(24)20-7-3-6-13(20)9-16(22)23/h2,4-5,8,10,13H,3,6-7,9H2,1H3,(H,22,23). The Morgan fingerprint density at radius 1 is 1.42 bits per heavy atom. The monoisotopic (exact) mass is 391 g/mol. The Labute approximate surface area is 148 Å². The van der Waals surface area contributed by atoms with Gasteiger partial charge in [0.05, 0.1) is 29.6 Å². The number of carbonyl (C=O) groups is 2. The summed E-state index contributed by atoms with van der Waals surface area (Å²) in [6, 6.07) is 7.45. The van der Waals surface area contributed by atoms with Crippen molar-refractivity contribution in [1.29, 1.82) is 0 Å². The molecule has 1 N–H and O–H groups in total. The smallest absolute Gasteiger partial charge is 0.305 e. The summed E-state index contributed by atoms with van der Waals surface area (Å²) in [5, 5.41) is 13.4. The predicted molar refractivity (Wildman–Crippen MR) is 92.3 cm³/mol. The Balaban J connectivity index is 1.88. The quantitative estimate of drug-likeness (QED) is 0.868. The minimum absolute atomic E-state index is 0.00937. The summed E-state index contributed by atoms with van der Waals surface area (Å²) in [6.07, 6.45) is 3.12. The fourth-order valence-corrected chi connectivity index (χ4v) is 3.55. The lowest BCUT2D eigenvalue weighted by molar-refractivity contribution is -0.137. The zero-order chi connectivity index (χ0) is 17.3. The third kappa shape index (κ3) is 3.21. The molecular weight excluding hydrogens is 374 g/mol. The van der Waals surface area contributed by atoms with Crippen LogP contribution in [0.15, 0.2) is 34.9 Å². The minimum atomic E-state index is -0.874. The summed E-state index contributed by atoms with van der Waals surface area (Å²) in [6.45, 7) is 2.45. The average molecular weight is 392 g/mol. The van der Waals surface area contributed by atoms with Crippen molar-refractivity contribution in [3.63, 3.8) is 0 Å². The van der Waals surface area contributed by atoms with Gasteiger partial charge < -0.3 is 10.0 Å². The lowest BCUT2D eigenvalue weighted by atomic mass is 10.1. The van der Waals surface area contributed by atoms with Gasteiger partial charge in [0.2, 0.25) is 0 Å². The van der Waals surface area contributed by atoms with Gasteiger partial charge in [-0.15, -0.1) is 0 Å². The number of aliphatic carboxylic acids is 1. The molecule has 0 radical (unpaired) electrons. The van der Waals surface area contributed by atoms with Crippen molar-refractivity contribution < 1.29 is 14.7 Å². The number of nitrogens with zero attached hydrogens (tertiary/aromatic N) is 3. The highest BCUT2D eigenvalue weighted by molar-refractivity contribution is 9.10. The Morgan fingerprint density at radius 3 is 2.92 bits per heavy atom. The molecule has 6 nitrogen and oxygen atoms in total. The Bertz CT molecular complexity index is 787. The van der Waals surface area contributed by atoms with Crippen molar-refractivity contribution >= 4 is 27.8 Å². The molecule has 7 heteroatoms. The number of carbonyl (C=O) groups excluding carboxylic acids is 1. The van der Waals surface area contributed by atoms with Crippen LogP contribution in [-0.2, 0) is 4.79 Å². The van der Waals surface area contributed by atoms with Crippen LogP contribution >= 0.6 is 15.9 Å². The van der Waals surface area contributed by atoms with Gasteiger partial charge in [0.15, 0.2) is 0 Å². The first-order chi connectivity index (χ1) is 11.5. The van der Waals surface area contributed by atoms with E-state index in [4.69, 9.17) is 5.11 Å². The molecule has 0 bridgehead atoms. The second kappa shape index (κ2) is 6.76. The van der Waals surface area contributed by atoms with Gasteiger partial charge in [-0.1, -0.05) is 22.0 Å². The van der Waals surface area contributed by atoms with E-state index in [2.05, 4.69) is 21.0 Å². The summed E-state index contributed by atoms with van der Waals surface area (Å²) in [5.74, 6) is -1.02. The normalized spacial score (nSPS) is 17.2. The number of halogens is 1. The van der Waals surface area contributed by atoms with Crippen molar-refractivity contribution in [3.05, 3.63) is 46.2 Å². The van der Waals surface area contributed by atoms with Gasteiger partial charge in [0.1, 0.15) is 0 Å². The topological polar surface area (TPSA) is 75.4 Å². The van der Waals surface area contributed by atoms with Gasteiger partial charge in [-0.2, -0.15) is 5.10 Å². The van der Waals surface area contributed by atoms with E-state index >= 15 is 0 Å². The van der Waals surface area contributed by atoms with Crippen molar-refractivity contribution in [1.82, 2.24) is 14.7 Å². The fourth-order valence-electron chi connectivity index (χ4n) is 3.16. The summed E-state index contributed by atoms with van der Waals surface area (Å²) in [7, 11) is 0. The summed E-state index contributed by atoms with van der Waals surface area (Å²) in [5.41, 5.74) is 2.13. The molecule has 1 unspecified atom stereocenters. The predicted octanol–water partition coefficient (Wildman–Crippen LogP) is 3.02. The van der Waals surface area contributed by atoms with Crippen molar-refractivity contribution in [2.24, 2.45) is 0 Å². The Kier molecular flexibility index (Phi) is 4.71. The number of hydrogen-bond donors (Lipinski definition) is 1.